The van der Waals surface area contributed by atoms with Crippen LogP contribution in [0.25, 0.3) is 0 Å². The fourth-order valence-corrected chi connectivity index (χ4v) is 4.97. The number of nitrogens with one attached hydrogen (secondary N) is 1. The Morgan fingerprint density at radius 2 is 1.85 bits per heavy atom. The van der Waals surface area contributed by atoms with E-state index in [-0.39, 0.29) is 11.8 Å². The number of hydrogen-bond acceptors (Lipinski definition) is 5. The van der Waals surface area contributed by atoms with Gasteiger partial charge >= 0.3 is 0 Å². The molecule has 1 saturated heterocycles. The monoisotopic (exact) mass is 360 g/mol. The molecule has 144 valence electrons. The van der Waals surface area contributed by atoms with Gasteiger partial charge in [0.1, 0.15) is 0 Å². The van der Waals surface area contributed by atoms with Gasteiger partial charge in [-0.25, -0.2) is 0 Å². The zero-order valence-corrected chi connectivity index (χ0v) is 15.8. The van der Waals surface area contributed by atoms with Crippen molar-refractivity contribution >= 4 is 5.91 Å². The minimum absolute atomic E-state index is 0.142. The van der Waals surface area contributed by atoms with Crippen molar-refractivity contribution < 1.29 is 9.32 Å². The molecular formula is C20H32N4O2. The molecule has 1 aromatic heterocycles. The van der Waals surface area contributed by atoms with Crippen molar-refractivity contribution in [2.45, 2.75) is 82.6 Å². The van der Waals surface area contributed by atoms with Crippen LogP contribution in [0.15, 0.2) is 4.52 Å². The lowest BCUT2D eigenvalue weighted by atomic mass is 9.95. The van der Waals surface area contributed by atoms with E-state index in [9.17, 15) is 4.79 Å². The number of carbonyl (C=O) groups excluding carboxylic acids is 1. The normalized spacial score (nSPS) is 25.8. The van der Waals surface area contributed by atoms with Gasteiger partial charge in [-0.05, 0) is 45.1 Å². The number of rotatable bonds is 6. The molecule has 1 aromatic rings. The van der Waals surface area contributed by atoms with Crippen molar-refractivity contribution in [2.75, 3.05) is 19.6 Å². The third-order valence-electron chi connectivity index (χ3n) is 6.50. The summed E-state index contributed by atoms with van der Waals surface area (Å²) in [7, 11) is 0. The Morgan fingerprint density at radius 1 is 1.08 bits per heavy atom. The molecule has 0 bridgehead atoms. The summed E-state index contributed by atoms with van der Waals surface area (Å²) in [6.45, 7) is 2.70. The third-order valence-corrected chi connectivity index (χ3v) is 6.50. The van der Waals surface area contributed by atoms with Gasteiger partial charge in [-0.3, -0.25) is 9.69 Å². The number of likely N-dealkylation sites (tertiary alicyclic amines) is 1. The number of piperidine rings is 1. The number of carbonyl (C=O) groups is 1. The minimum Gasteiger partial charge on any atom is -0.355 e. The van der Waals surface area contributed by atoms with Crippen molar-refractivity contribution in [3.05, 3.63) is 11.7 Å². The van der Waals surface area contributed by atoms with Gasteiger partial charge in [-0.1, -0.05) is 30.8 Å². The highest BCUT2D eigenvalue weighted by Crippen LogP contribution is 2.33. The summed E-state index contributed by atoms with van der Waals surface area (Å²) in [5, 5.41) is 7.19. The van der Waals surface area contributed by atoms with Crippen LogP contribution in [-0.2, 0) is 11.2 Å². The first kappa shape index (κ1) is 18.0. The van der Waals surface area contributed by atoms with E-state index in [1.807, 2.05) is 0 Å². The maximum Gasteiger partial charge on any atom is 0.229 e. The molecular weight excluding hydrogens is 328 g/mol. The van der Waals surface area contributed by atoms with Crippen LogP contribution < -0.4 is 5.32 Å². The molecule has 2 saturated carbocycles. The molecule has 2 aliphatic carbocycles. The summed E-state index contributed by atoms with van der Waals surface area (Å²) in [6, 6.07) is 0.721. The van der Waals surface area contributed by atoms with Gasteiger partial charge < -0.3 is 9.84 Å². The fourth-order valence-electron chi connectivity index (χ4n) is 4.97. The van der Waals surface area contributed by atoms with E-state index in [1.54, 1.807) is 0 Å². The topological polar surface area (TPSA) is 71.3 Å². The summed E-state index contributed by atoms with van der Waals surface area (Å²) in [5.41, 5.74) is 0. The Labute approximate surface area is 156 Å². The molecule has 6 nitrogen and oxygen atoms in total. The molecule has 3 fully saturated rings. The van der Waals surface area contributed by atoms with Crippen molar-refractivity contribution in [2.24, 2.45) is 5.92 Å². The SMILES string of the molecule is O=C(NCCc1noc(C2CCCC2)n1)[C@H]1CCCN(C2CCCC2)C1. The van der Waals surface area contributed by atoms with Crippen molar-refractivity contribution in [1.29, 1.82) is 0 Å². The quantitative estimate of drug-likeness (QED) is 0.844. The van der Waals surface area contributed by atoms with Gasteiger partial charge in [-0.15, -0.1) is 0 Å². The van der Waals surface area contributed by atoms with Crippen LogP contribution in [-0.4, -0.2) is 46.6 Å². The Kier molecular flexibility index (Phi) is 5.88. The second-order valence-corrected chi connectivity index (χ2v) is 8.34. The van der Waals surface area contributed by atoms with Crippen LogP contribution in [0, 0.1) is 5.92 Å². The molecule has 26 heavy (non-hydrogen) atoms. The molecule has 0 radical (unpaired) electrons. The lowest BCUT2D eigenvalue weighted by Crippen LogP contribution is -2.46. The second kappa shape index (κ2) is 8.51. The molecule has 1 amide bonds. The molecule has 6 heteroatoms. The lowest BCUT2D eigenvalue weighted by molar-refractivity contribution is -0.127. The van der Waals surface area contributed by atoms with E-state index >= 15 is 0 Å². The summed E-state index contributed by atoms with van der Waals surface area (Å²) in [4.78, 5) is 19.7. The first-order valence-corrected chi connectivity index (χ1v) is 10.6. The van der Waals surface area contributed by atoms with Crippen LogP contribution in [0.2, 0.25) is 0 Å². The molecule has 4 rings (SSSR count). The molecule has 1 aliphatic heterocycles. The Morgan fingerprint density at radius 3 is 2.65 bits per heavy atom. The summed E-state index contributed by atoms with van der Waals surface area (Å²) >= 11 is 0. The lowest BCUT2D eigenvalue weighted by Gasteiger charge is -2.36. The van der Waals surface area contributed by atoms with Gasteiger partial charge in [0.2, 0.25) is 11.8 Å². The molecule has 1 atom stereocenters. The summed E-state index contributed by atoms with van der Waals surface area (Å²) in [5.74, 6) is 2.32. The van der Waals surface area contributed by atoms with Crippen LogP contribution in [0.4, 0.5) is 0 Å². The highest BCUT2D eigenvalue weighted by Gasteiger charge is 2.31. The molecule has 1 N–H and O–H groups in total. The van der Waals surface area contributed by atoms with Gasteiger partial charge in [0.15, 0.2) is 5.82 Å². The van der Waals surface area contributed by atoms with Crippen molar-refractivity contribution in [3.8, 4) is 0 Å². The highest BCUT2D eigenvalue weighted by molar-refractivity contribution is 5.78. The second-order valence-electron chi connectivity index (χ2n) is 8.34. The number of hydrogen-bond donors (Lipinski definition) is 1. The predicted molar refractivity (Wildman–Crippen MR) is 98.8 cm³/mol. The predicted octanol–water partition coefficient (Wildman–Crippen LogP) is 3.04. The number of amides is 1. The third kappa shape index (κ3) is 4.27. The van der Waals surface area contributed by atoms with Crippen LogP contribution >= 0.6 is 0 Å². The summed E-state index contributed by atoms with van der Waals surface area (Å²) in [6.07, 6.45) is 13.0. The van der Waals surface area contributed by atoms with Crippen LogP contribution in [0.1, 0.15) is 81.8 Å². The molecule has 2 heterocycles. The van der Waals surface area contributed by atoms with Gasteiger partial charge in [-0.2, -0.15) is 4.98 Å². The van der Waals surface area contributed by atoms with Crippen molar-refractivity contribution in [1.82, 2.24) is 20.4 Å². The van der Waals surface area contributed by atoms with Crippen LogP contribution in [0.5, 0.6) is 0 Å². The first-order valence-electron chi connectivity index (χ1n) is 10.6. The first-order chi connectivity index (χ1) is 12.8. The van der Waals surface area contributed by atoms with E-state index in [1.165, 1.54) is 45.1 Å². The molecule has 0 aromatic carbocycles. The van der Waals surface area contributed by atoms with Gasteiger partial charge in [0.05, 0.1) is 5.92 Å². The maximum absolute atomic E-state index is 12.6. The average Bonchev–Trinajstić information content (AvgIpc) is 3.43. The average molecular weight is 361 g/mol. The minimum atomic E-state index is 0.142. The highest BCUT2D eigenvalue weighted by atomic mass is 16.5. The van der Waals surface area contributed by atoms with E-state index in [2.05, 4.69) is 20.4 Å². The van der Waals surface area contributed by atoms with E-state index < -0.39 is 0 Å². The van der Waals surface area contributed by atoms with Gasteiger partial charge in [0.25, 0.3) is 0 Å². The Hall–Kier alpha value is -1.43. The smallest absolute Gasteiger partial charge is 0.229 e. The van der Waals surface area contributed by atoms with Crippen LogP contribution in [0.3, 0.4) is 0 Å². The van der Waals surface area contributed by atoms with E-state index in [0.29, 0.717) is 18.9 Å². The molecule has 0 spiro atoms. The summed E-state index contributed by atoms with van der Waals surface area (Å²) < 4.78 is 5.41. The maximum atomic E-state index is 12.6. The zero-order valence-electron chi connectivity index (χ0n) is 15.8. The van der Waals surface area contributed by atoms with Gasteiger partial charge in [0, 0.05) is 31.5 Å². The Balaban J connectivity index is 1.21. The molecule has 0 unspecified atom stereocenters. The largest absolute Gasteiger partial charge is 0.355 e. The Bertz CT molecular complexity index is 590. The number of nitrogens with zero attached hydrogens (tertiary/aromatic N) is 3. The van der Waals surface area contributed by atoms with E-state index in [0.717, 1.165) is 50.0 Å². The van der Waals surface area contributed by atoms with E-state index in [4.69, 9.17) is 4.52 Å². The molecule has 3 aliphatic rings. The standard InChI is InChI=1S/C20H32N4O2/c25-19(16-8-5-13-24(14-16)17-9-3-4-10-17)21-12-11-18-22-20(26-23-18)15-6-1-2-7-15/h15-17H,1-14H2,(H,21,25)/t16-/m0/s1. The fraction of sp³-hybridized carbons (Fsp3) is 0.850. The zero-order chi connectivity index (χ0) is 17.8. The van der Waals surface area contributed by atoms with Crippen molar-refractivity contribution in [3.63, 3.8) is 0 Å². The number of aromatic nitrogens is 2.